The van der Waals surface area contributed by atoms with Gasteiger partial charge in [-0.05, 0) is 24.3 Å². The Morgan fingerprint density at radius 1 is 0.692 bits per heavy atom. The molecule has 0 atom stereocenters. The monoisotopic (exact) mass is 360 g/mol. The van der Waals surface area contributed by atoms with Gasteiger partial charge in [0, 0.05) is 6.42 Å². The zero-order valence-corrected chi connectivity index (χ0v) is 12.9. The number of fused-ring (bicyclic) bond motifs is 2. The van der Waals surface area contributed by atoms with Gasteiger partial charge in [-0.2, -0.15) is 0 Å². The van der Waals surface area contributed by atoms with Crippen LogP contribution in [0.4, 0.5) is 0 Å². The summed E-state index contributed by atoms with van der Waals surface area (Å²) in [5, 5.41) is 21.5. The van der Waals surface area contributed by atoms with Crippen molar-refractivity contribution >= 4 is 51.5 Å². The van der Waals surface area contributed by atoms with Crippen LogP contribution in [0.25, 0.3) is 21.9 Å². The van der Waals surface area contributed by atoms with E-state index >= 15 is 0 Å². The minimum atomic E-state index is -0.775. The summed E-state index contributed by atoms with van der Waals surface area (Å²) in [5.74, 6) is -0.558. The zero-order valence-electron chi connectivity index (χ0n) is 12.9. The molecule has 0 radical (unpaired) electrons. The van der Waals surface area contributed by atoms with Crippen molar-refractivity contribution in [2.24, 2.45) is 0 Å². The summed E-state index contributed by atoms with van der Waals surface area (Å²) >= 11 is 0. The summed E-state index contributed by atoms with van der Waals surface area (Å²) in [6.07, 6.45) is -0.308. The van der Waals surface area contributed by atoms with Gasteiger partial charge in [-0.25, -0.2) is 9.59 Å². The molecule has 0 bridgehead atoms. The van der Waals surface area contributed by atoms with Gasteiger partial charge in [0.2, 0.25) is 0 Å². The van der Waals surface area contributed by atoms with Crippen LogP contribution in [0.1, 0.15) is 11.1 Å². The molecule has 0 saturated carbocycles. The van der Waals surface area contributed by atoms with Crippen LogP contribution in [-0.4, -0.2) is 39.8 Å². The van der Waals surface area contributed by atoms with E-state index < -0.39 is 11.3 Å². The maximum absolute atomic E-state index is 12.2. The van der Waals surface area contributed by atoms with Crippen molar-refractivity contribution in [3.63, 3.8) is 0 Å². The Morgan fingerprint density at radius 3 is 1.50 bits per heavy atom. The maximum atomic E-state index is 12.2. The van der Waals surface area contributed by atoms with Crippen LogP contribution in [0.2, 0.25) is 0 Å². The van der Waals surface area contributed by atoms with Crippen LogP contribution < -0.4 is 11.3 Å². The van der Waals surface area contributed by atoms with Gasteiger partial charge in [-0.1, -0.05) is 24.3 Å². The number of rotatable bonds is 2. The summed E-state index contributed by atoms with van der Waals surface area (Å²) in [7, 11) is 0. The Morgan fingerprint density at radius 2 is 1.08 bits per heavy atom. The van der Waals surface area contributed by atoms with Crippen molar-refractivity contribution < 1.29 is 19.0 Å². The average molecular weight is 360 g/mol. The molecule has 26 heavy (non-hydrogen) atoms. The first-order chi connectivity index (χ1) is 12.1. The third-order valence-corrected chi connectivity index (χ3v) is 4.11. The third-order valence-electron chi connectivity index (χ3n) is 4.11. The molecule has 126 valence electrons. The van der Waals surface area contributed by atoms with Crippen molar-refractivity contribution in [2.45, 2.75) is 6.42 Å². The van der Waals surface area contributed by atoms with Gasteiger partial charge in [-0.15, -0.1) is 0 Å². The molecule has 6 nitrogen and oxygen atoms in total. The van der Waals surface area contributed by atoms with Gasteiger partial charge in [0.1, 0.15) is 22.7 Å². The van der Waals surface area contributed by atoms with E-state index in [1.807, 2.05) is 0 Å². The van der Waals surface area contributed by atoms with E-state index in [0.717, 1.165) is 0 Å². The van der Waals surface area contributed by atoms with Crippen LogP contribution in [-0.2, 0) is 6.42 Å². The van der Waals surface area contributed by atoms with E-state index in [2.05, 4.69) is 0 Å². The summed E-state index contributed by atoms with van der Waals surface area (Å²) in [4.78, 5) is 24.4. The number of benzene rings is 2. The Kier molecular flexibility index (Phi) is 4.91. The Labute approximate surface area is 168 Å². The molecule has 0 spiro atoms. The predicted octanol–water partition coefficient (Wildman–Crippen LogP) is 2.25. The van der Waals surface area contributed by atoms with E-state index in [-0.39, 0.29) is 69.8 Å². The van der Waals surface area contributed by atoms with E-state index in [1.165, 1.54) is 0 Å². The molecule has 7 heteroatoms. The van der Waals surface area contributed by atoms with Crippen LogP contribution in [0.15, 0.2) is 67.0 Å². The first kappa shape index (κ1) is 18.3. The van der Waals surface area contributed by atoms with Gasteiger partial charge in [0.25, 0.3) is 0 Å². The number of hydrogen-bond acceptors (Lipinski definition) is 6. The molecule has 0 aliphatic heterocycles. The van der Waals surface area contributed by atoms with Gasteiger partial charge < -0.3 is 19.0 Å². The molecule has 0 saturated heterocycles. The number of aromatic hydroxyl groups is 2. The van der Waals surface area contributed by atoms with E-state index in [4.69, 9.17) is 8.83 Å². The first-order valence-electron chi connectivity index (χ1n) is 7.53. The average Bonchev–Trinajstić information content (AvgIpc) is 2.61. The fourth-order valence-corrected chi connectivity index (χ4v) is 2.83. The fourth-order valence-electron chi connectivity index (χ4n) is 2.83. The molecule has 2 heterocycles. The summed E-state index contributed by atoms with van der Waals surface area (Å²) in [6, 6.07) is 13.0. The van der Waals surface area contributed by atoms with Crippen molar-refractivity contribution in [1.29, 1.82) is 0 Å². The standard InChI is InChI=1S/C19H12O6.Na.H/c20-16-10-5-1-3-7-14(10)24-18(22)12(16)9-13-17(21)11-6-2-4-8-15(11)25-19(13)23;;/h1-8,20-21H,9H2;;. The third kappa shape index (κ3) is 2.92. The summed E-state index contributed by atoms with van der Waals surface area (Å²) in [5.41, 5.74) is -1.30. The van der Waals surface area contributed by atoms with E-state index in [0.29, 0.717) is 10.8 Å². The van der Waals surface area contributed by atoms with Gasteiger partial charge in [0.15, 0.2) is 0 Å². The Balaban J connectivity index is 0.00000196. The van der Waals surface area contributed by atoms with Crippen LogP contribution in [0, 0.1) is 0 Å². The second-order valence-electron chi connectivity index (χ2n) is 5.60. The van der Waals surface area contributed by atoms with Crippen molar-refractivity contribution in [2.75, 3.05) is 0 Å². The topological polar surface area (TPSA) is 101 Å². The van der Waals surface area contributed by atoms with E-state index in [9.17, 15) is 19.8 Å². The molecule has 2 aromatic carbocycles. The molecule has 2 aromatic heterocycles. The molecular formula is C19H13NaO6. The first-order valence-corrected chi connectivity index (χ1v) is 7.53. The van der Waals surface area contributed by atoms with Crippen LogP contribution in [0.3, 0.4) is 0 Å². The van der Waals surface area contributed by atoms with Gasteiger partial charge >= 0.3 is 40.8 Å². The second kappa shape index (κ2) is 6.99. The quantitative estimate of drug-likeness (QED) is 0.420. The molecule has 0 unspecified atom stereocenters. The van der Waals surface area contributed by atoms with Crippen molar-refractivity contribution in [3.8, 4) is 11.5 Å². The SMILES string of the molecule is O=c1oc2ccccc2c(O)c1Cc1c(O)c2ccccc2oc1=O.[NaH]. The second-order valence-corrected chi connectivity index (χ2v) is 5.60. The molecule has 0 fully saturated rings. The van der Waals surface area contributed by atoms with Crippen LogP contribution in [0.5, 0.6) is 11.5 Å². The summed E-state index contributed by atoms with van der Waals surface area (Å²) in [6.45, 7) is 0. The van der Waals surface area contributed by atoms with Crippen molar-refractivity contribution in [1.82, 2.24) is 0 Å². The van der Waals surface area contributed by atoms with E-state index in [1.54, 1.807) is 48.5 Å². The summed E-state index contributed by atoms with van der Waals surface area (Å²) < 4.78 is 10.4. The zero-order chi connectivity index (χ0) is 17.6. The Hall–Kier alpha value is -2.54. The molecule has 4 rings (SSSR count). The Bertz CT molecular complexity index is 1140. The molecule has 0 aliphatic carbocycles. The number of hydrogen-bond donors (Lipinski definition) is 2. The molecular weight excluding hydrogens is 347 g/mol. The fraction of sp³-hybridized carbons (Fsp3) is 0.0526. The van der Waals surface area contributed by atoms with Gasteiger partial charge in [0.05, 0.1) is 21.9 Å². The number of para-hydroxylation sites is 2. The molecule has 4 aromatic rings. The molecule has 2 N–H and O–H groups in total. The predicted molar refractivity (Wildman–Crippen MR) is 98.3 cm³/mol. The molecule has 0 aliphatic rings. The molecule has 0 amide bonds. The minimum absolute atomic E-state index is 0. The van der Waals surface area contributed by atoms with Crippen molar-refractivity contribution in [3.05, 3.63) is 80.5 Å². The van der Waals surface area contributed by atoms with Crippen LogP contribution >= 0.6 is 0 Å². The van der Waals surface area contributed by atoms with Gasteiger partial charge in [-0.3, -0.25) is 0 Å². The normalized spacial score (nSPS) is 10.8.